The first-order valence-electron chi connectivity index (χ1n) is 9.99. The van der Waals surface area contributed by atoms with Crippen molar-refractivity contribution in [2.45, 2.75) is 13.0 Å². The van der Waals surface area contributed by atoms with Crippen molar-refractivity contribution in [3.63, 3.8) is 0 Å². The SMILES string of the molecule is COc1ccc(NC(=O)[C@H]2[C@@H](C(=O)NCc3ccccn3)[C@@H]3C=C[C@@H]2C3)c(OC)c1. The fourth-order valence-electron chi connectivity index (χ4n) is 4.45. The number of hydrogen-bond donors (Lipinski definition) is 2. The normalized spacial score (nSPS) is 23.8. The summed E-state index contributed by atoms with van der Waals surface area (Å²) in [5.74, 6) is 0.185. The third-order valence-corrected chi connectivity index (χ3v) is 5.90. The molecule has 0 unspecified atom stereocenters. The van der Waals surface area contributed by atoms with Crippen LogP contribution in [0.2, 0.25) is 0 Å². The molecule has 0 aliphatic heterocycles. The van der Waals surface area contributed by atoms with Crippen LogP contribution < -0.4 is 20.1 Å². The average Bonchev–Trinajstić information content (AvgIpc) is 3.40. The summed E-state index contributed by atoms with van der Waals surface area (Å²) >= 11 is 0. The van der Waals surface area contributed by atoms with E-state index in [1.807, 2.05) is 18.2 Å². The second-order valence-electron chi connectivity index (χ2n) is 7.59. The van der Waals surface area contributed by atoms with Crippen LogP contribution in [0.3, 0.4) is 0 Å². The lowest BCUT2D eigenvalue weighted by Crippen LogP contribution is -2.41. The Balaban J connectivity index is 1.48. The maximum absolute atomic E-state index is 13.2. The number of nitrogens with zero attached hydrogens (tertiary/aromatic N) is 1. The highest BCUT2D eigenvalue weighted by molar-refractivity contribution is 5.98. The number of rotatable bonds is 7. The van der Waals surface area contributed by atoms with Crippen LogP contribution >= 0.6 is 0 Å². The summed E-state index contributed by atoms with van der Waals surface area (Å²) in [7, 11) is 3.11. The first kappa shape index (κ1) is 19.9. The van der Waals surface area contributed by atoms with E-state index in [-0.39, 0.29) is 23.7 Å². The van der Waals surface area contributed by atoms with Crippen LogP contribution in [-0.2, 0) is 16.1 Å². The van der Waals surface area contributed by atoms with Gasteiger partial charge in [0.05, 0.1) is 44.0 Å². The number of aromatic nitrogens is 1. The van der Waals surface area contributed by atoms with Gasteiger partial charge in [0.1, 0.15) is 11.5 Å². The predicted octanol–water partition coefficient (Wildman–Crippen LogP) is 2.79. The van der Waals surface area contributed by atoms with Gasteiger partial charge in [0.15, 0.2) is 0 Å². The van der Waals surface area contributed by atoms with E-state index in [9.17, 15) is 9.59 Å². The number of anilines is 1. The summed E-state index contributed by atoms with van der Waals surface area (Å²) in [5.41, 5.74) is 1.34. The molecule has 2 aliphatic carbocycles. The summed E-state index contributed by atoms with van der Waals surface area (Å²) in [5, 5.41) is 5.91. The minimum atomic E-state index is -0.421. The molecule has 0 spiro atoms. The summed E-state index contributed by atoms with van der Waals surface area (Å²) in [4.78, 5) is 30.4. The summed E-state index contributed by atoms with van der Waals surface area (Å²) < 4.78 is 10.6. The molecule has 2 N–H and O–H groups in total. The zero-order chi connectivity index (χ0) is 21.1. The fraction of sp³-hybridized carbons (Fsp3) is 0.348. The van der Waals surface area contributed by atoms with Gasteiger partial charge in [-0.05, 0) is 42.5 Å². The van der Waals surface area contributed by atoms with E-state index < -0.39 is 11.8 Å². The van der Waals surface area contributed by atoms with Crippen LogP contribution in [0, 0.1) is 23.7 Å². The van der Waals surface area contributed by atoms with Gasteiger partial charge in [-0.15, -0.1) is 0 Å². The minimum Gasteiger partial charge on any atom is -0.497 e. The highest BCUT2D eigenvalue weighted by atomic mass is 16.5. The number of fused-ring (bicyclic) bond motifs is 2. The van der Waals surface area contributed by atoms with Gasteiger partial charge < -0.3 is 20.1 Å². The molecule has 2 aliphatic rings. The van der Waals surface area contributed by atoms with Gasteiger partial charge in [-0.2, -0.15) is 0 Å². The highest BCUT2D eigenvalue weighted by Crippen LogP contribution is 2.48. The Kier molecular flexibility index (Phi) is 5.70. The molecule has 7 heteroatoms. The third-order valence-electron chi connectivity index (χ3n) is 5.90. The Morgan fingerprint density at radius 3 is 2.47 bits per heavy atom. The van der Waals surface area contributed by atoms with Gasteiger partial charge in [-0.25, -0.2) is 0 Å². The molecule has 0 radical (unpaired) electrons. The van der Waals surface area contributed by atoms with Crippen molar-refractivity contribution in [1.82, 2.24) is 10.3 Å². The molecule has 4 atom stereocenters. The van der Waals surface area contributed by atoms with Crippen molar-refractivity contribution < 1.29 is 19.1 Å². The second-order valence-corrected chi connectivity index (χ2v) is 7.59. The Labute approximate surface area is 175 Å². The predicted molar refractivity (Wildman–Crippen MR) is 112 cm³/mol. The molecule has 7 nitrogen and oxygen atoms in total. The van der Waals surface area contributed by atoms with E-state index in [2.05, 4.69) is 27.8 Å². The van der Waals surface area contributed by atoms with E-state index in [4.69, 9.17) is 9.47 Å². The second kappa shape index (κ2) is 8.57. The number of ether oxygens (including phenoxy) is 2. The monoisotopic (exact) mass is 407 g/mol. The molecule has 1 fully saturated rings. The molecule has 2 amide bonds. The van der Waals surface area contributed by atoms with Crippen LogP contribution in [0.15, 0.2) is 54.7 Å². The number of nitrogens with one attached hydrogen (secondary N) is 2. The number of methoxy groups -OCH3 is 2. The van der Waals surface area contributed by atoms with Gasteiger partial charge in [0, 0.05) is 12.3 Å². The Morgan fingerprint density at radius 1 is 1.03 bits per heavy atom. The van der Waals surface area contributed by atoms with Crippen LogP contribution in [0.4, 0.5) is 5.69 Å². The largest absolute Gasteiger partial charge is 0.497 e. The molecule has 2 bridgehead atoms. The van der Waals surface area contributed by atoms with Gasteiger partial charge in [-0.3, -0.25) is 14.6 Å². The van der Waals surface area contributed by atoms with Gasteiger partial charge >= 0.3 is 0 Å². The Hall–Kier alpha value is -3.35. The van der Waals surface area contributed by atoms with Crippen molar-refractivity contribution in [2.24, 2.45) is 23.7 Å². The van der Waals surface area contributed by atoms with E-state index in [1.54, 1.807) is 38.6 Å². The maximum Gasteiger partial charge on any atom is 0.229 e. The molecular weight excluding hydrogens is 382 g/mol. The van der Waals surface area contributed by atoms with Gasteiger partial charge in [0.25, 0.3) is 0 Å². The average molecular weight is 407 g/mol. The summed E-state index contributed by atoms with van der Waals surface area (Å²) in [6.45, 7) is 0.345. The highest BCUT2D eigenvalue weighted by Gasteiger charge is 2.51. The Bertz CT molecular complexity index is 960. The van der Waals surface area contributed by atoms with Crippen molar-refractivity contribution in [3.8, 4) is 11.5 Å². The number of amides is 2. The molecule has 1 heterocycles. The zero-order valence-corrected chi connectivity index (χ0v) is 17.0. The lowest BCUT2D eigenvalue weighted by Gasteiger charge is -2.26. The van der Waals surface area contributed by atoms with Crippen molar-refractivity contribution in [3.05, 3.63) is 60.4 Å². The van der Waals surface area contributed by atoms with E-state index in [0.717, 1.165) is 12.1 Å². The molecule has 2 aromatic rings. The molecule has 1 aromatic carbocycles. The first-order chi connectivity index (χ1) is 14.6. The van der Waals surface area contributed by atoms with Crippen molar-refractivity contribution in [2.75, 3.05) is 19.5 Å². The maximum atomic E-state index is 13.2. The number of allylic oxidation sites excluding steroid dienone is 2. The summed E-state index contributed by atoms with van der Waals surface area (Å²) in [6.07, 6.45) is 6.63. The third kappa shape index (κ3) is 3.87. The lowest BCUT2D eigenvalue weighted by molar-refractivity contribution is -0.133. The van der Waals surface area contributed by atoms with Gasteiger partial charge in [-0.1, -0.05) is 18.2 Å². The lowest BCUT2D eigenvalue weighted by atomic mass is 9.81. The Morgan fingerprint density at radius 2 is 1.80 bits per heavy atom. The molecule has 30 heavy (non-hydrogen) atoms. The number of pyridine rings is 1. The minimum absolute atomic E-state index is 0.0600. The molecule has 156 valence electrons. The quantitative estimate of drug-likeness (QED) is 0.689. The number of hydrogen-bond acceptors (Lipinski definition) is 5. The van der Waals surface area contributed by atoms with Gasteiger partial charge in [0.2, 0.25) is 11.8 Å². The van der Waals surface area contributed by atoms with Crippen molar-refractivity contribution in [1.29, 1.82) is 0 Å². The van der Waals surface area contributed by atoms with E-state index in [0.29, 0.717) is 23.7 Å². The fourth-order valence-corrected chi connectivity index (χ4v) is 4.45. The van der Waals surface area contributed by atoms with Crippen LogP contribution in [-0.4, -0.2) is 31.0 Å². The summed E-state index contributed by atoms with van der Waals surface area (Å²) in [6, 6.07) is 10.8. The van der Waals surface area contributed by atoms with Crippen LogP contribution in [0.25, 0.3) is 0 Å². The molecule has 1 saturated carbocycles. The van der Waals surface area contributed by atoms with Crippen molar-refractivity contribution >= 4 is 17.5 Å². The van der Waals surface area contributed by atoms with E-state index >= 15 is 0 Å². The van der Waals surface area contributed by atoms with Crippen LogP contribution in [0.5, 0.6) is 11.5 Å². The standard InChI is InChI=1S/C23H25N3O4/c1-29-17-8-9-18(19(12-17)30-2)26-23(28)21-15-7-6-14(11-15)20(21)22(27)25-13-16-5-3-4-10-24-16/h3-10,12,14-15,20-21H,11,13H2,1-2H3,(H,25,27)(H,26,28)/t14-,15-,20+,21-/m1/s1. The van der Waals surface area contributed by atoms with E-state index in [1.165, 1.54) is 0 Å². The van der Waals surface area contributed by atoms with Crippen LogP contribution in [0.1, 0.15) is 12.1 Å². The first-order valence-corrected chi connectivity index (χ1v) is 9.99. The molecular formula is C23H25N3O4. The molecule has 1 aromatic heterocycles. The molecule has 0 saturated heterocycles. The number of carbonyl (C=O) groups is 2. The number of carbonyl (C=O) groups excluding carboxylic acids is 2. The number of benzene rings is 1. The zero-order valence-electron chi connectivity index (χ0n) is 17.0. The topological polar surface area (TPSA) is 89.5 Å². The smallest absolute Gasteiger partial charge is 0.229 e. The molecule has 4 rings (SSSR count).